The van der Waals surface area contributed by atoms with E-state index in [1.807, 2.05) is 0 Å². The van der Waals surface area contributed by atoms with Gasteiger partial charge in [0.05, 0.1) is 6.61 Å². The van der Waals surface area contributed by atoms with Gasteiger partial charge in [-0.3, -0.25) is 9.59 Å². The first-order chi connectivity index (χ1) is 18.0. The second kappa shape index (κ2) is 33.3. The summed E-state index contributed by atoms with van der Waals surface area (Å²) in [6.45, 7) is 14.1. The number of likely N-dealkylation sites (tertiary alicyclic amines) is 1. The lowest BCUT2D eigenvalue weighted by molar-refractivity contribution is -0.136. The maximum Gasteiger partial charge on any atom is 0.408 e. The van der Waals surface area contributed by atoms with Gasteiger partial charge in [-0.05, 0) is 47.0 Å². The lowest BCUT2D eigenvalue weighted by atomic mass is 10.2. The van der Waals surface area contributed by atoms with Crippen LogP contribution in [-0.2, 0) is 23.9 Å². The predicted octanol–water partition coefficient (Wildman–Crippen LogP) is 3.71. The molecule has 0 spiro atoms. The number of carbonyl (C=O) groups excluding carboxylic acids is 4. The number of hydrogen-bond donors (Lipinski definition) is 2. The number of terminal acetylenes is 3. The highest BCUT2D eigenvalue weighted by Gasteiger charge is 2.32. The summed E-state index contributed by atoms with van der Waals surface area (Å²) in [6, 6.07) is -0.562. The first kappa shape index (κ1) is 44.3. The van der Waals surface area contributed by atoms with E-state index in [1.165, 1.54) is 31.1 Å². The quantitative estimate of drug-likeness (QED) is 0.221. The van der Waals surface area contributed by atoms with Crippen molar-refractivity contribution in [2.75, 3.05) is 26.3 Å². The predicted molar refractivity (Wildman–Crippen MR) is 155 cm³/mol. The number of ether oxygens (including phenoxy) is 2. The lowest BCUT2D eigenvalue weighted by Gasteiger charge is -2.23. The van der Waals surface area contributed by atoms with E-state index in [2.05, 4.69) is 57.4 Å². The molecule has 3 N–H and O–H groups in total. The Morgan fingerprint density at radius 2 is 1.53 bits per heavy atom. The van der Waals surface area contributed by atoms with Crippen LogP contribution in [0, 0.1) is 38.5 Å². The van der Waals surface area contributed by atoms with Crippen LogP contribution in [0.5, 0.6) is 0 Å². The number of hydrogen-bond acceptors (Lipinski definition) is 6. The minimum atomic E-state index is -0.657. The molecule has 2 rings (SSSR count). The Morgan fingerprint density at radius 3 is 1.87 bits per heavy atom. The van der Waals surface area contributed by atoms with Crippen LogP contribution >= 0.6 is 0 Å². The molecule has 0 radical (unpaired) electrons. The minimum Gasteiger partial charge on any atom is -0.444 e. The van der Waals surface area contributed by atoms with Gasteiger partial charge in [0.15, 0.2) is 0 Å². The third kappa shape index (κ3) is 36.8. The summed E-state index contributed by atoms with van der Waals surface area (Å²) in [5.74, 6) is -0.838. The molecule has 9 nitrogen and oxygen atoms in total. The molecule has 1 saturated heterocycles. The first-order valence-electron chi connectivity index (χ1n) is 12.2. The third-order valence-electron chi connectivity index (χ3n) is 3.62. The molecule has 0 aromatic rings. The summed E-state index contributed by atoms with van der Waals surface area (Å²) in [6.07, 6.45) is 32.8. The van der Waals surface area contributed by atoms with E-state index in [0.29, 0.717) is 19.6 Å². The Hall–Kier alpha value is -3.74. The SMILES string of the molecule is C#C.C#C.C#C.C1CC1.C=CCOCCC.CC(C)(C)OC(=O)NCC(=O)N1CCC[C@H]1C(N)=O.CC=O. The van der Waals surface area contributed by atoms with E-state index in [4.69, 9.17) is 20.0 Å². The fraction of sp³-hybridized carbons (Fsp3) is 0.586. The topological polar surface area (TPSA) is 128 Å². The minimum absolute atomic E-state index is 0.196. The number of aldehydes is 1. The highest BCUT2D eigenvalue weighted by atomic mass is 16.6. The fourth-order valence-electron chi connectivity index (χ4n) is 2.24. The number of nitrogens with one attached hydrogen (secondary N) is 1. The molecule has 1 aliphatic heterocycles. The number of nitrogens with zero attached hydrogens (tertiary/aromatic N) is 1. The van der Waals surface area contributed by atoms with Crippen molar-refractivity contribution in [3.8, 4) is 38.5 Å². The maximum absolute atomic E-state index is 11.9. The largest absolute Gasteiger partial charge is 0.444 e. The molecule has 2 aliphatic rings. The summed E-state index contributed by atoms with van der Waals surface area (Å²) in [5.41, 5.74) is 4.61. The molecule has 0 bridgehead atoms. The van der Waals surface area contributed by atoms with Crippen LogP contribution in [-0.4, -0.2) is 67.0 Å². The molecule has 0 unspecified atom stereocenters. The van der Waals surface area contributed by atoms with Crippen molar-refractivity contribution in [1.82, 2.24) is 10.2 Å². The van der Waals surface area contributed by atoms with Crippen LogP contribution in [0.4, 0.5) is 4.79 Å². The summed E-state index contributed by atoms with van der Waals surface area (Å²) < 4.78 is 10.0. The number of alkyl carbamates (subject to hydrolysis) is 1. The smallest absolute Gasteiger partial charge is 0.408 e. The number of rotatable bonds is 7. The fourth-order valence-corrected chi connectivity index (χ4v) is 2.24. The van der Waals surface area contributed by atoms with Crippen LogP contribution in [0.15, 0.2) is 12.7 Å². The van der Waals surface area contributed by atoms with Crippen molar-refractivity contribution in [1.29, 1.82) is 0 Å². The molecule has 38 heavy (non-hydrogen) atoms. The van der Waals surface area contributed by atoms with Crippen molar-refractivity contribution in [3.63, 3.8) is 0 Å². The highest BCUT2D eigenvalue weighted by Crippen LogP contribution is 2.16. The zero-order valence-corrected chi connectivity index (χ0v) is 23.9. The van der Waals surface area contributed by atoms with Crippen molar-refractivity contribution in [2.24, 2.45) is 5.73 Å². The van der Waals surface area contributed by atoms with Crippen LogP contribution in [0.1, 0.15) is 73.1 Å². The molecule has 9 heteroatoms. The van der Waals surface area contributed by atoms with Crippen LogP contribution < -0.4 is 11.1 Å². The van der Waals surface area contributed by atoms with Crippen molar-refractivity contribution >= 4 is 24.2 Å². The van der Waals surface area contributed by atoms with Crippen LogP contribution in [0.3, 0.4) is 0 Å². The third-order valence-corrected chi connectivity index (χ3v) is 3.62. The Morgan fingerprint density at radius 1 is 1.05 bits per heavy atom. The van der Waals surface area contributed by atoms with Crippen LogP contribution in [0.2, 0.25) is 0 Å². The molecule has 1 atom stereocenters. The number of primary amides is 1. The number of nitrogens with two attached hydrogens (primary N) is 1. The van der Waals surface area contributed by atoms with Gasteiger partial charge in [0.2, 0.25) is 11.8 Å². The Bertz CT molecular complexity index is 659. The molecule has 1 aliphatic carbocycles. The molecule has 3 amide bonds. The number of carbonyl (C=O) groups is 4. The van der Waals surface area contributed by atoms with E-state index in [-0.39, 0.29) is 12.5 Å². The highest BCUT2D eigenvalue weighted by molar-refractivity contribution is 5.89. The van der Waals surface area contributed by atoms with Crippen molar-refractivity contribution < 1.29 is 28.7 Å². The summed E-state index contributed by atoms with van der Waals surface area (Å²) in [7, 11) is 0. The Balaban J connectivity index is -0.000000156. The Kier molecular flexibility index (Phi) is 38.7. The summed E-state index contributed by atoms with van der Waals surface area (Å²) in [4.78, 5) is 44.6. The molecule has 0 aromatic carbocycles. The van der Waals surface area contributed by atoms with Crippen molar-refractivity contribution in [3.05, 3.63) is 12.7 Å². The summed E-state index contributed by atoms with van der Waals surface area (Å²) >= 11 is 0. The molecule has 1 heterocycles. The normalized spacial score (nSPS) is 13.6. The maximum atomic E-state index is 11.9. The molecule has 0 aromatic heterocycles. The zero-order chi connectivity index (χ0) is 31.0. The van der Waals surface area contributed by atoms with E-state index in [9.17, 15) is 14.4 Å². The van der Waals surface area contributed by atoms with E-state index >= 15 is 0 Å². The average Bonchev–Trinajstić information content (AvgIpc) is 3.70. The van der Waals surface area contributed by atoms with E-state index in [1.54, 1.807) is 26.8 Å². The first-order valence-corrected chi connectivity index (χ1v) is 12.2. The van der Waals surface area contributed by atoms with Gasteiger partial charge in [-0.1, -0.05) is 32.3 Å². The van der Waals surface area contributed by atoms with Crippen molar-refractivity contribution in [2.45, 2.75) is 84.8 Å². The van der Waals surface area contributed by atoms with Gasteiger partial charge in [-0.15, -0.1) is 45.1 Å². The summed E-state index contributed by atoms with van der Waals surface area (Å²) in [5, 5.41) is 2.37. The number of amides is 3. The van der Waals surface area contributed by atoms with Gasteiger partial charge in [-0.25, -0.2) is 4.79 Å². The average molecular weight is 536 g/mol. The molecular weight excluding hydrogens is 486 g/mol. The van der Waals surface area contributed by atoms with Gasteiger partial charge in [-0.2, -0.15) is 0 Å². The lowest BCUT2D eigenvalue weighted by Crippen LogP contribution is -2.48. The monoisotopic (exact) mass is 535 g/mol. The van der Waals surface area contributed by atoms with E-state index < -0.39 is 23.6 Å². The molecule has 2 fully saturated rings. The van der Waals surface area contributed by atoms with E-state index in [0.717, 1.165) is 25.7 Å². The second-order valence-corrected chi connectivity index (χ2v) is 8.16. The Labute approximate surface area is 231 Å². The molecular formula is C29H49N3O6. The standard InChI is InChI=1S/C12H21N3O4.C6H12O.C3H6.C2H4O.3C2H2/c1-12(2,3)19-11(18)14-7-9(16)15-6-4-5-8(15)10(13)17;1-3-5-7-6-4-2;1-2-3-1;1-2-3;3*1-2/h8H,4-7H2,1-3H3,(H2,13,17)(H,14,18);3H,1,4-6H2,2H3;1-3H2;2H,1H3;3*1-2H/t8-;;;;;;/m0....../s1. The van der Waals surface area contributed by atoms with Gasteiger partial charge in [0, 0.05) is 13.2 Å². The second-order valence-electron chi connectivity index (χ2n) is 8.16. The molecule has 216 valence electrons. The van der Waals surface area contributed by atoms with Gasteiger partial charge >= 0.3 is 6.09 Å². The molecule has 1 saturated carbocycles. The zero-order valence-electron chi connectivity index (χ0n) is 23.9. The van der Waals surface area contributed by atoms with Crippen LogP contribution in [0.25, 0.3) is 0 Å². The van der Waals surface area contributed by atoms with Gasteiger partial charge in [0.25, 0.3) is 0 Å². The van der Waals surface area contributed by atoms with Gasteiger partial charge in [0.1, 0.15) is 24.5 Å². The van der Waals surface area contributed by atoms with Gasteiger partial charge < -0.3 is 30.2 Å².